The van der Waals surface area contributed by atoms with E-state index in [0.29, 0.717) is 0 Å². The van der Waals surface area contributed by atoms with Gasteiger partial charge in [0.25, 0.3) is 0 Å². The van der Waals surface area contributed by atoms with Crippen molar-refractivity contribution in [3.63, 3.8) is 0 Å². The molecule has 0 aliphatic rings. The first-order chi connectivity index (χ1) is 3.50. The van der Waals surface area contributed by atoms with Crippen molar-refractivity contribution in [2.24, 2.45) is 0 Å². The van der Waals surface area contributed by atoms with Crippen LogP contribution in [-0.4, -0.2) is 23.7 Å². The second-order valence-electron chi connectivity index (χ2n) is 2.18. The molecular weight excluding hydrogens is 105 g/mol. The van der Waals surface area contributed by atoms with Gasteiger partial charge in [-0.2, -0.15) is 0 Å². The summed E-state index contributed by atoms with van der Waals surface area (Å²) in [6.45, 7) is 3.21. The average Bonchev–Trinajstić information content (AvgIpc) is 1.67. The fourth-order valence-corrected chi connectivity index (χ4v) is 0.107. The Labute approximate surface area is 48.7 Å². The third-order valence-electron chi connectivity index (χ3n) is 1.16. The molecular formula is C5H11NO2. The molecule has 0 saturated carbocycles. The highest BCUT2D eigenvalue weighted by Crippen LogP contribution is 1.98. The van der Waals surface area contributed by atoms with Crippen molar-refractivity contribution in [3.8, 4) is 0 Å². The van der Waals surface area contributed by atoms with Gasteiger partial charge in [0.15, 0.2) is 0 Å². The Morgan fingerprint density at radius 3 is 2.00 bits per heavy atom. The normalized spacial score (nSPS) is 17.4. The molecule has 0 aromatic rings. The minimum atomic E-state index is -0.833. The molecule has 0 amide bonds. The quantitative estimate of drug-likeness (QED) is 0.536. The number of carbonyl (C=O) groups is 1. The van der Waals surface area contributed by atoms with Gasteiger partial charge in [0.2, 0.25) is 0 Å². The average molecular weight is 116 g/mol. The molecule has 0 radical (unpaired) electrons. The summed E-state index contributed by atoms with van der Waals surface area (Å²) in [5, 5.41) is 11.0. The first kappa shape index (κ1) is 7.43. The van der Waals surface area contributed by atoms with E-state index in [-0.39, 0.29) is 0 Å². The second kappa shape index (κ2) is 2.13. The second-order valence-corrected chi connectivity index (χ2v) is 2.18. The molecule has 1 unspecified atom stereocenters. The van der Waals surface area contributed by atoms with Gasteiger partial charge in [-0.1, -0.05) is 0 Å². The van der Waals surface area contributed by atoms with Gasteiger partial charge in [-0.15, -0.1) is 0 Å². The van der Waals surface area contributed by atoms with Crippen LogP contribution in [0.25, 0.3) is 0 Å². The Bertz CT molecular complexity index is 98.6. The van der Waals surface area contributed by atoms with Crippen LogP contribution in [-0.2, 0) is 4.79 Å². The maximum atomic E-state index is 10.2. The van der Waals surface area contributed by atoms with Gasteiger partial charge >= 0.3 is 5.97 Å². The molecule has 8 heavy (non-hydrogen) atoms. The van der Waals surface area contributed by atoms with Crippen molar-refractivity contribution >= 4 is 5.97 Å². The predicted molar refractivity (Wildman–Crippen MR) is 30.8 cm³/mol. The third-order valence-corrected chi connectivity index (χ3v) is 1.16. The van der Waals surface area contributed by atoms with Gasteiger partial charge in [-0.25, -0.2) is 0 Å². The number of carboxylic acids is 1. The van der Waals surface area contributed by atoms with Crippen LogP contribution in [0.2, 0.25) is 0 Å². The number of hydrogen-bond acceptors (Lipinski definition) is 2. The van der Waals surface area contributed by atoms with Crippen molar-refractivity contribution in [1.29, 1.82) is 0 Å². The molecule has 48 valence electrons. The lowest BCUT2D eigenvalue weighted by molar-refractivity contribution is -0.143. The Kier molecular flexibility index (Phi) is 1.98. The maximum absolute atomic E-state index is 10.2. The highest BCUT2D eigenvalue weighted by Gasteiger charge is 2.23. The monoisotopic (exact) mass is 116 g/mol. The summed E-state index contributed by atoms with van der Waals surface area (Å²) in [4.78, 5) is 10.2. The number of aliphatic carboxylic acids is 1. The standard InChI is InChI=1S/C5H11NO2/c1-5(2,6-3)4(7)8/h6H,1-3H3,(H,7,8)/i1-1. The van der Waals surface area contributed by atoms with E-state index in [0.717, 1.165) is 0 Å². The van der Waals surface area contributed by atoms with Crippen LogP contribution in [0.3, 0.4) is 0 Å². The Morgan fingerprint density at radius 2 is 2.00 bits per heavy atom. The molecule has 0 fully saturated rings. The van der Waals surface area contributed by atoms with E-state index in [1.807, 2.05) is 0 Å². The lowest BCUT2D eigenvalue weighted by atomic mass is 9.87. The van der Waals surface area contributed by atoms with Gasteiger partial charge in [0, 0.05) is 0 Å². The van der Waals surface area contributed by atoms with Crippen LogP contribution in [0.4, 0.5) is 0 Å². The smallest absolute Gasteiger partial charge is 0.323 e. The zero-order chi connectivity index (χ0) is 6.78. The van der Waals surface area contributed by atoms with Crippen LogP contribution in [0.1, 0.15) is 13.8 Å². The van der Waals surface area contributed by atoms with Crippen molar-refractivity contribution in [2.45, 2.75) is 19.4 Å². The summed E-state index contributed by atoms with van der Waals surface area (Å²) in [6, 6.07) is 0. The molecule has 0 rings (SSSR count). The third kappa shape index (κ3) is 1.50. The summed E-state index contributed by atoms with van der Waals surface area (Å²) >= 11 is 0. The van der Waals surface area contributed by atoms with Crippen molar-refractivity contribution < 1.29 is 9.90 Å². The van der Waals surface area contributed by atoms with Gasteiger partial charge in [-0.05, 0) is 20.9 Å². The maximum Gasteiger partial charge on any atom is 0.323 e. The van der Waals surface area contributed by atoms with E-state index in [4.69, 9.17) is 5.11 Å². The first-order valence-corrected chi connectivity index (χ1v) is 2.43. The SMILES string of the molecule is CNC(C)([11CH3])C(=O)O. The lowest BCUT2D eigenvalue weighted by Crippen LogP contribution is -2.44. The molecule has 3 heteroatoms. The zero-order valence-corrected chi connectivity index (χ0v) is 5.36. The Hall–Kier alpha value is -0.570. The van der Waals surface area contributed by atoms with Gasteiger partial charge in [-0.3, -0.25) is 4.79 Å². The summed E-state index contributed by atoms with van der Waals surface area (Å²) in [6.07, 6.45) is 0. The molecule has 0 bridgehead atoms. The fraction of sp³-hybridized carbons (Fsp3) is 0.800. The van der Waals surface area contributed by atoms with Crippen LogP contribution >= 0.6 is 0 Å². The molecule has 3 nitrogen and oxygen atoms in total. The molecule has 2 N–H and O–H groups in total. The topological polar surface area (TPSA) is 49.3 Å². The molecule has 0 aromatic heterocycles. The van der Waals surface area contributed by atoms with Gasteiger partial charge < -0.3 is 10.4 Å². The molecule has 0 aliphatic carbocycles. The largest absolute Gasteiger partial charge is 0.480 e. The van der Waals surface area contributed by atoms with Crippen LogP contribution < -0.4 is 5.32 Å². The van der Waals surface area contributed by atoms with Crippen LogP contribution in [0.5, 0.6) is 0 Å². The van der Waals surface area contributed by atoms with E-state index in [2.05, 4.69) is 5.32 Å². The zero-order valence-electron chi connectivity index (χ0n) is 5.36. The van der Waals surface area contributed by atoms with Gasteiger partial charge in [0.1, 0.15) is 5.54 Å². The first-order valence-electron chi connectivity index (χ1n) is 2.43. The molecule has 0 saturated heterocycles. The Balaban J connectivity index is 3.91. The highest BCUT2D eigenvalue weighted by atomic mass is 16.4. The van der Waals surface area contributed by atoms with Crippen molar-refractivity contribution in [1.82, 2.24) is 5.32 Å². The summed E-state index contributed by atoms with van der Waals surface area (Å²) in [7, 11) is 1.62. The Morgan fingerprint density at radius 1 is 1.62 bits per heavy atom. The number of carboxylic acid groups (broad SMARTS) is 1. The van der Waals surface area contributed by atoms with Gasteiger partial charge in [0.05, 0.1) is 0 Å². The van der Waals surface area contributed by atoms with E-state index < -0.39 is 11.5 Å². The summed E-state index contributed by atoms with van der Waals surface area (Å²) in [5.41, 5.74) is -0.792. The molecule has 0 aromatic carbocycles. The number of likely N-dealkylation sites (N-methyl/N-ethyl adjacent to an activating group) is 1. The predicted octanol–water partition coefficient (Wildman–Crippen LogP) is 0.0690. The molecule has 1 atom stereocenters. The molecule has 0 spiro atoms. The lowest BCUT2D eigenvalue weighted by Gasteiger charge is -2.16. The molecule has 0 aliphatic heterocycles. The van der Waals surface area contributed by atoms with Crippen LogP contribution in [0, 0.1) is 0 Å². The minimum Gasteiger partial charge on any atom is -0.480 e. The summed E-state index contributed by atoms with van der Waals surface area (Å²) < 4.78 is 0. The fourth-order valence-electron chi connectivity index (χ4n) is 0.107. The van der Waals surface area contributed by atoms with E-state index in [9.17, 15) is 4.79 Å². The number of nitrogens with one attached hydrogen (secondary N) is 1. The van der Waals surface area contributed by atoms with Crippen LogP contribution in [0.15, 0.2) is 0 Å². The van der Waals surface area contributed by atoms with E-state index >= 15 is 0 Å². The van der Waals surface area contributed by atoms with Crippen molar-refractivity contribution in [2.75, 3.05) is 7.05 Å². The number of hydrogen-bond donors (Lipinski definition) is 2. The van der Waals surface area contributed by atoms with E-state index in [1.165, 1.54) is 0 Å². The minimum absolute atomic E-state index is 0.792. The highest BCUT2D eigenvalue weighted by molar-refractivity contribution is 5.77. The summed E-state index contributed by atoms with van der Waals surface area (Å²) in [5.74, 6) is -0.833. The molecule has 0 heterocycles. The van der Waals surface area contributed by atoms with Crippen molar-refractivity contribution in [3.05, 3.63) is 0 Å². The number of rotatable bonds is 2. The van der Waals surface area contributed by atoms with E-state index in [1.54, 1.807) is 20.9 Å².